The molecule has 0 aromatic rings. The summed E-state index contributed by atoms with van der Waals surface area (Å²) >= 11 is 0. The Morgan fingerprint density at radius 2 is 2.00 bits per heavy atom. The van der Waals surface area contributed by atoms with Crippen LogP contribution in [-0.4, -0.2) is 60.4 Å². The van der Waals surface area contributed by atoms with Crippen molar-refractivity contribution in [1.82, 2.24) is 9.80 Å². The van der Waals surface area contributed by atoms with E-state index in [4.69, 9.17) is 0 Å². The van der Waals surface area contributed by atoms with Crippen LogP contribution in [0.4, 0.5) is 0 Å². The lowest BCUT2D eigenvalue weighted by Gasteiger charge is -2.35. The molecule has 1 saturated heterocycles. The third-order valence-electron chi connectivity index (χ3n) is 3.65. The number of amides is 2. The summed E-state index contributed by atoms with van der Waals surface area (Å²) in [5.74, 6) is -0.728. The molecule has 1 heterocycles. The maximum Gasteiger partial charge on any atom is 0.325 e. The minimum absolute atomic E-state index is 0.00781. The average molecular weight is 284 g/mol. The van der Waals surface area contributed by atoms with Gasteiger partial charge in [0.1, 0.15) is 6.54 Å². The Balaban J connectivity index is 2.73. The summed E-state index contributed by atoms with van der Waals surface area (Å²) in [7, 11) is 1.31. The number of piperidine rings is 1. The molecule has 0 radical (unpaired) electrons. The zero-order valence-electron chi connectivity index (χ0n) is 12.7. The zero-order valence-corrected chi connectivity index (χ0v) is 12.7. The number of hydrogen-bond acceptors (Lipinski definition) is 4. The van der Waals surface area contributed by atoms with Gasteiger partial charge in [-0.05, 0) is 26.7 Å². The Bertz CT molecular complexity index is 381. The first kappa shape index (κ1) is 16.5. The summed E-state index contributed by atoms with van der Waals surface area (Å²) in [4.78, 5) is 38.6. The van der Waals surface area contributed by atoms with Crippen LogP contribution in [-0.2, 0) is 19.1 Å². The fourth-order valence-electron chi connectivity index (χ4n) is 2.42. The molecule has 1 unspecified atom stereocenters. The van der Waals surface area contributed by atoms with Crippen LogP contribution in [0.3, 0.4) is 0 Å². The molecule has 1 atom stereocenters. The topological polar surface area (TPSA) is 66.9 Å². The van der Waals surface area contributed by atoms with Gasteiger partial charge in [0.05, 0.1) is 13.0 Å². The van der Waals surface area contributed by atoms with Crippen molar-refractivity contribution < 1.29 is 19.1 Å². The molecule has 114 valence electrons. The van der Waals surface area contributed by atoms with Crippen molar-refractivity contribution in [3.63, 3.8) is 0 Å². The van der Waals surface area contributed by atoms with E-state index in [0.29, 0.717) is 13.1 Å². The van der Waals surface area contributed by atoms with Gasteiger partial charge in [0, 0.05) is 26.1 Å². The summed E-state index contributed by atoms with van der Waals surface area (Å²) in [6, 6.07) is -0.0747. The summed E-state index contributed by atoms with van der Waals surface area (Å²) in [5.41, 5.74) is 0. The molecule has 0 spiro atoms. The normalized spacial score (nSPS) is 18.9. The SMILES string of the molecule is COC(=O)CN(C(=O)C1CCCN(C(C)=O)C1)C(C)C. The lowest BCUT2D eigenvalue weighted by atomic mass is 9.96. The molecule has 0 saturated carbocycles. The Hall–Kier alpha value is -1.59. The van der Waals surface area contributed by atoms with Crippen LogP contribution >= 0.6 is 0 Å². The van der Waals surface area contributed by atoms with Crippen molar-refractivity contribution in [2.45, 2.75) is 39.7 Å². The first-order chi connectivity index (χ1) is 9.36. The lowest BCUT2D eigenvalue weighted by Crippen LogP contribution is -2.49. The highest BCUT2D eigenvalue weighted by Crippen LogP contribution is 2.20. The fraction of sp³-hybridized carbons (Fsp3) is 0.786. The van der Waals surface area contributed by atoms with E-state index in [1.54, 1.807) is 4.90 Å². The van der Waals surface area contributed by atoms with E-state index in [9.17, 15) is 14.4 Å². The molecule has 2 amide bonds. The Kier molecular flexibility index (Phi) is 5.98. The molecule has 20 heavy (non-hydrogen) atoms. The second-order valence-electron chi connectivity index (χ2n) is 5.44. The van der Waals surface area contributed by atoms with Crippen LogP contribution in [0.25, 0.3) is 0 Å². The Morgan fingerprint density at radius 1 is 1.35 bits per heavy atom. The maximum absolute atomic E-state index is 12.5. The van der Waals surface area contributed by atoms with Gasteiger partial charge in [0.2, 0.25) is 11.8 Å². The van der Waals surface area contributed by atoms with Gasteiger partial charge in [-0.2, -0.15) is 0 Å². The van der Waals surface area contributed by atoms with Gasteiger partial charge in [0.25, 0.3) is 0 Å². The monoisotopic (exact) mass is 284 g/mol. The standard InChI is InChI=1S/C14H24N2O4/c1-10(2)16(9-13(18)20-4)14(19)12-6-5-7-15(8-12)11(3)17/h10,12H,5-9H2,1-4H3. The van der Waals surface area contributed by atoms with Gasteiger partial charge < -0.3 is 14.5 Å². The van der Waals surface area contributed by atoms with E-state index in [1.807, 2.05) is 13.8 Å². The second-order valence-corrected chi connectivity index (χ2v) is 5.44. The third kappa shape index (κ3) is 4.21. The van der Waals surface area contributed by atoms with Crippen molar-refractivity contribution in [3.05, 3.63) is 0 Å². The number of rotatable bonds is 4. The molecule has 6 heteroatoms. The summed E-state index contributed by atoms with van der Waals surface area (Å²) < 4.78 is 4.63. The predicted molar refractivity (Wildman–Crippen MR) is 73.8 cm³/mol. The zero-order chi connectivity index (χ0) is 15.3. The molecule has 1 fully saturated rings. The van der Waals surface area contributed by atoms with E-state index in [-0.39, 0.29) is 30.3 Å². The molecule has 0 aromatic carbocycles. The van der Waals surface area contributed by atoms with Gasteiger partial charge >= 0.3 is 5.97 Å². The van der Waals surface area contributed by atoms with Gasteiger partial charge in [-0.15, -0.1) is 0 Å². The van der Waals surface area contributed by atoms with Gasteiger partial charge in [-0.25, -0.2) is 0 Å². The molecule has 0 aliphatic carbocycles. The Morgan fingerprint density at radius 3 is 2.50 bits per heavy atom. The van der Waals surface area contributed by atoms with E-state index < -0.39 is 5.97 Å². The molecule has 1 rings (SSSR count). The molecule has 6 nitrogen and oxygen atoms in total. The largest absolute Gasteiger partial charge is 0.468 e. The number of likely N-dealkylation sites (tertiary alicyclic amines) is 1. The number of hydrogen-bond donors (Lipinski definition) is 0. The van der Waals surface area contributed by atoms with Crippen LogP contribution in [0.15, 0.2) is 0 Å². The summed E-state index contributed by atoms with van der Waals surface area (Å²) in [6.07, 6.45) is 1.58. The summed E-state index contributed by atoms with van der Waals surface area (Å²) in [5, 5.41) is 0. The molecule has 1 aliphatic rings. The fourth-order valence-corrected chi connectivity index (χ4v) is 2.42. The van der Waals surface area contributed by atoms with E-state index >= 15 is 0 Å². The van der Waals surface area contributed by atoms with Crippen molar-refractivity contribution in [2.75, 3.05) is 26.7 Å². The van der Waals surface area contributed by atoms with Crippen LogP contribution in [0.5, 0.6) is 0 Å². The minimum atomic E-state index is -0.425. The van der Waals surface area contributed by atoms with Gasteiger partial charge in [-0.3, -0.25) is 14.4 Å². The molecule has 0 bridgehead atoms. The summed E-state index contributed by atoms with van der Waals surface area (Å²) in [6.45, 7) is 6.36. The van der Waals surface area contributed by atoms with Crippen LogP contribution in [0, 0.1) is 5.92 Å². The van der Waals surface area contributed by atoms with E-state index in [2.05, 4.69) is 4.74 Å². The highest BCUT2D eigenvalue weighted by Gasteiger charge is 2.32. The molecular formula is C14H24N2O4. The van der Waals surface area contributed by atoms with Crippen molar-refractivity contribution >= 4 is 17.8 Å². The quantitative estimate of drug-likeness (QED) is 0.711. The van der Waals surface area contributed by atoms with Crippen molar-refractivity contribution in [3.8, 4) is 0 Å². The van der Waals surface area contributed by atoms with Crippen molar-refractivity contribution in [2.24, 2.45) is 5.92 Å². The average Bonchev–Trinajstić information content (AvgIpc) is 2.43. The number of carbonyl (C=O) groups excluding carboxylic acids is 3. The molecule has 0 aromatic heterocycles. The van der Waals surface area contributed by atoms with Crippen LogP contribution in [0.2, 0.25) is 0 Å². The predicted octanol–water partition coefficient (Wildman–Crippen LogP) is 0.655. The van der Waals surface area contributed by atoms with E-state index in [1.165, 1.54) is 18.9 Å². The van der Waals surface area contributed by atoms with Crippen LogP contribution in [0.1, 0.15) is 33.6 Å². The third-order valence-corrected chi connectivity index (χ3v) is 3.65. The molecule has 0 N–H and O–H groups in total. The highest BCUT2D eigenvalue weighted by molar-refractivity contribution is 5.84. The number of ether oxygens (including phenoxy) is 1. The number of esters is 1. The first-order valence-corrected chi connectivity index (χ1v) is 6.99. The molecular weight excluding hydrogens is 260 g/mol. The highest BCUT2D eigenvalue weighted by atomic mass is 16.5. The number of nitrogens with zero attached hydrogens (tertiary/aromatic N) is 2. The second kappa shape index (κ2) is 7.26. The van der Waals surface area contributed by atoms with Gasteiger partial charge in [-0.1, -0.05) is 0 Å². The first-order valence-electron chi connectivity index (χ1n) is 6.99. The van der Waals surface area contributed by atoms with Crippen molar-refractivity contribution in [1.29, 1.82) is 0 Å². The smallest absolute Gasteiger partial charge is 0.325 e. The number of methoxy groups -OCH3 is 1. The van der Waals surface area contributed by atoms with Crippen LogP contribution < -0.4 is 0 Å². The maximum atomic E-state index is 12.5. The Labute approximate surface area is 120 Å². The minimum Gasteiger partial charge on any atom is -0.468 e. The number of carbonyl (C=O) groups is 3. The van der Waals surface area contributed by atoms with Gasteiger partial charge in [0.15, 0.2) is 0 Å². The van der Waals surface area contributed by atoms with E-state index in [0.717, 1.165) is 12.8 Å². The molecule has 1 aliphatic heterocycles. The lowest BCUT2D eigenvalue weighted by molar-refractivity contribution is -0.151.